The van der Waals surface area contributed by atoms with Crippen LogP contribution in [0.4, 0.5) is 4.79 Å². The van der Waals surface area contributed by atoms with Crippen LogP contribution in [0.25, 0.3) is 0 Å². The summed E-state index contributed by atoms with van der Waals surface area (Å²) >= 11 is 0. The third-order valence-electron chi connectivity index (χ3n) is 4.00. The van der Waals surface area contributed by atoms with Gasteiger partial charge in [0.15, 0.2) is 0 Å². The Morgan fingerprint density at radius 3 is 2.62 bits per heavy atom. The van der Waals surface area contributed by atoms with Gasteiger partial charge in [-0.15, -0.1) is 0 Å². The number of carbonyl (C=O) groups is 2. The number of hydrogen-bond acceptors (Lipinski definition) is 4. The number of carbonyl (C=O) groups excluding carboxylic acids is 1. The van der Waals surface area contributed by atoms with Gasteiger partial charge in [0.05, 0.1) is 37.3 Å². The van der Waals surface area contributed by atoms with Crippen LogP contribution < -0.4 is 0 Å². The summed E-state index contributed by atoms with van der Waals surface area (Å²) in [5.74, 6) is -1.33. The minimum Gasteiger partial charge on any atom is -0.481 e. The molecule has 2 aliphatic rings. The molecule has 2 fully saturated rings. The summed E-state index contributed by atoms with van der Waals surface area (Å²) in [6.07, 6.45) is 0.935. The third-order valence-corrected chi connectivity index (χ3v) is 4.00. The first-order valence-corrected chi connectivity index (χ1v) is 7.38. The normalized spacial score (nSPS) is 29.3. The van der Waals surface area contributed by atoms with Crippen LogP contribution in [0.15, 0.2) is 0 Å². The Hall–Kier alpha value is -1.34. The Morgan fingerprint density at radius 1 is 1.29 bits per heavy atom. The van der Waals surface area contributed by atoms with Gasteiger partial charge in [-0.1, -0.05) is 0 Å². The Kier molecular flexibility index (Phi) is 4.73. The molecule has 7 heteroatoms. The van der Waals surface area contributed by atoms with Gasteiger partial charge in [-0.25, -0.2) is 4.79 Å². The minimum atomic E-state index is -0.844. The lowest BCUT2D eigenvalue weighted by Crippen LogP contribution is -2.59. The molecule has 7 nitrogen and oxygen atoms in total. The molecule has 21 heavy (non-hydrogen) atoms. The number of piperidine rings is 1. The molecule has 0 aromatic heterocycles. The maximum atomic E-state index is 12.6. The molecule has 2 amide bonds. The van der Waals surface area contributed by atoms with Crippen molar-refractivity contribution in [1.82, 2.24) is 9.80 Å². The van der Waals surface area contributed by atoms with Gasteiger partial charge in [-0.3, -0.25) is 4.79 Å². The fourth-order valence-corrected chi connectivity index (χ4v) is 3.09. The van der Waals surface area contributed by atoms with Crippen molar-refractivity contribution < 1.29 is 24.5 Å². The van der Waals surface area contributed by atoms with Crippen LogP contribution in [0.1, 0.15) is 26.7 Å². The standard InChI is InChI=1S/C14H24N2O5/c1-14(2)9-16(7-11(8-17)21-14)13(20)15-5-3-4-10(6-15)12(18)19/h10-11,17H,3-9H2,1-2H3,(H,18,19). The zero-order valence-corrected chi connectivity index (χ0v) is 12.6. The van der Waals surface area contributed by atoms with Crippen LogP contribution in [-0.2, 0) is 9.53 Å². The molecule has 0 bridgehead atoms. The molecule has 120 valence electrons. The van der Waals surface area contributed by atoms with Gasteiger partial charge in [0.2, 0.25) is 0 Å². The summed E-state index contributed by atoms with van der Waals surface area (Å²) < 4.78 is 5.69. The molecule has 2 unspecified atom stereocenters. The van der Waals surface area contributed by atoms with Crippen LogP contribution in [0.3, 0.4) is 0 Å². The van der Waals surface area contributed by atoms with Gasteiger partial charge in [0.25, 0.3) is 0 Å². The fourth-order valence-electron chi connectivity index (χ4n) is 3.09. The van der Waals surface area contributed by atoms with Crippen molar-refractivity contribution in [3.8, 4) is 0 Å². The first-order valence-electron chi connectivity index (χ1n) is 7.38. The largest absolute Gasteiger partial charge is 0.481 e. The van der Waals surface area contributed by atoms with Crippen molar-refractivity contribution in [2.24, 2.45) is 5.92 Å². The SMILES string of the molecule is CC1(C)CN(C(=O)N2CCCC(C(=O)O)C2)CC(CO)O1. The quantitative estimate of drug-likeness (QED) is 0.769. The topological polar surface area (TPSA) is 90.3 Å². The van der Waals surface area contributed by atoms with E-state index in [1.807, 2.05) is 13.8 Å². The number of aliphatic hydroxyl groups excluding tert-OH is 1. The van der Waals surface area contributed by atoms with E-state index in [-0.39, 0.29) is 19.2 Å². The van der Waals surface area contributed by atoms with Crippen LogP contribution in [0.5, 0.6) is 0 Å². The summed E-state index contributed by atoms with van der Waals surface area (Å²) in [4.78, 5) is 27.0. The maximum absolute atomic E-state index is 12.6. The minimum absolute atomic E-state index is 0.134. The lowest BCUT2D eigenvalue weighted by atomic mass is 9.98. The van der Waals surface area contributed by atoms with Gasteiger partial charge >= 0.3 is 12.0 Å². The summed E-state index contributed by atoms with van der Waals surface area (Å²) in [5.41, 5.74) is -0.511. The highest BCUT2D eigenvalue weighted by atomic mass is 16.5. The molecule has 0 radical (unpaired) electrons. The lowest BCUT2D eigenvalue weighted by molar-refractivity contribution is -0.145. The van der Waals surface area contributed by atoms with E-state index in [2.05, 4.69) is 0 Å². The van der Waals surface area contributed by atoms with Crippen molar-refractivity contribution in [2.75, 3.05) is 32.8 Å². The summed E-state index contributed by atoms with van der Waals surface area (Å²) in [5, 5.41) is 18.4. The number of rotatable bonds is 2. The Balaban J connectivity index is 2.03. The number of likely N-dealkylation sites (tertiary alicyclic amines) is 1. The van der Waals surface area contributed by atoms with E-state index in [4.69, 9.17) is 9.84 Å². The van der Waals surface area contributed by atoms with E-state index in [1.54, 1.807) is 9.80 Å². The number of ether oxygens (including phenoxy) is 1. The predicted molar refractivity (Wildman–Crippen MR) is 74.9 cm³/mol. The van der Waals surface area contributed by atoms with Gasteiger partial charge < -0.3 is 24.7 Å². The number of amides is 2. The first-order chi connectivity index (χ1) is 9.82. The number of carboxylic acids is 1. The number of hydrogen-bond donors (Lipinski definition) is 2. The molecular formula is C14H24N2O5. The summed E-state index contributed by atoms with van der Waals surface area (Å²) in [6, 6.07) is -0.157. The molecule has 2 rings (SSSR count). The van der Waals surface area contributed by atoms with Crippen molar-refractivity contribution in [2.45, 2.75) is 38.4 Å². The average molecular weight is 300 g/mol. The zero-order chi connectivity index (χ0) is 15.6. The van der Waals surface area contributed by atoms with Crippen LogP contribution >= 0.6 is 0 Å². The van der Waals surface area contributed by atoms with E-state index in [0.29, 0.717) is 32.5 Å². The molecule has 2 N–H and O–H groups in total. The molecule has 0 saturated carbocycles. The Morgan fingerprint density at radius 2 is 2.00 bits per heavy atom. The van der Waals surface area contributed by atoms with Gasteiger partial charge in [-0.05, 0) is 26.7 Å². The van der Waals surface area contributed by atoms with E-state index in [0.717, 1.165) is 0 Å². The van der Waals surface area contributed by atoms with E-state index >= 15 is 0 Å². The first kappa shape index (κ1) is 16.0. The Labute approximate surface area is 124 Å². The fraction of sp³-hybridized carbons (Fsp3) is 0.857. The second-order valence-electron chi connectivity index (χ2n) is 6.47. The molecule has 0 aliphatic carbocycles. The van der Waals surface area contributed by atoms with Gasteiger partial charge in [0.1, 0.15) is 0 Å². The third kappa shape index (κ3) is 3.85. The van der Waals surface area contributed by atoms with Crippen molar-refractivity contribution in [1.29, 1.82) is 0 Å². The molecule has 0 spiro atoms. The second-order valence-corrected chi connectivity index (χ2v) is 6.47. The summed E-state index contributed by atoms with van der Waals surface area (Å²) in [6.45, 7) is 5.26. The highest BCUT2D eigenvalue weighted by Gasteiger charge is 2.38. The van der Waals surface area contributed by atoms with E-state index in [9.17, 15) is 14.7 Å². The van der Waals surface area contributed by atoms with Crippen molar-refractivity contribution in [3.05, 3.63) is 0 Å². The van der Waals surface area contributed by atoms with Gasteiger partial charge in [-0.2, -0.15) is 0 Å². The van der Waals surface area contributed by atoms with Crippen molar-refractivity contribution >= 4 is 12.0 Å². The molecule has 2 aliphatic heterocycles. The summed E-state index contributed by atoms with van der Waals surface area (Å²) in [7, 11) is 0. The monoisotopic (exact) mass is 300 g/mol. The number of urea groups is 1. The molecule has 0 aromatic rings. The number of nitrogens with zero attached hydrogens (tertiary/aromatic N) is 2. The zero-order valence-electron chi connectivity index (χ0n) is 12.6. The number of carboxylic acid groups (broad SMARTS) is 1. The molecular weight excluding hydrogens is 276 g/mol. The van der Waals surface area contributed by atoms with Gasteiger partial charge in [0, 0.05) is 13.1 Å². The predicted octanol–water partition coefficient (Wildman–Crippen LogP) is 0.375. The van der Waals surface area contributed by atoms with Crippen LogP contribution in [0.2, 0.25) is 0 Å². The molecule has 2 heterocycles. The highest BCUT2D eigenvalue weighted by Crippen LogP contribution is 2.24. The number of aliphatic hydroxyl groups is 1. The van der Waals surface area contributed by atoms with Crippen LogP contribution in [-0.4, -0.2) is 76.5 Å². The Bertz CT molecular complexity index is 412. The molecule has 2 saturated heterocycles. The van der Waals surface area contributed by atoms with E-state index < -0.39 is 23.6 Å². The number of morpholine rings is 1. The number of aliphatic carboxylic acids is 1. The second kappa shape index (κ2) is 6.19. The van der Waals surface area contributed by atoms with Crippen LogP contribution in [0, 0.1) is 5.92 Å². The lowest BCUT2D eigenvalue weighted by Gasteiger charge is -2.44. The maximum Gasteiger partial charge on any atom is 0.320 e. The van der Waals surface area contributed by atoms with Crippen molar-refractivity contribution in [3.63, 3.8) is 0 Å². The molecule has 0 aromatic carbocycles. The molecule has 2 atom stereocenters. The average Bonchev–Trinajstić information content (AvgIpc) is 2.44. The highest BCUT2D eigenvalue weighted by molar-refractivity contribution is 5.77. The van der Waals surface area contributed by atoms with E-state index in [1.165, 1.54) is 0 Å². The smallest absolute Gasteiger partial charge is 0.320 e.